The summed E-state index contributed by atoms with van der Waals surface area (Å²) in [6.07, 6.45) is 1.87. The molecule has 0 unspecified atom stereocenters. The average Bonchev–Trinajstić information content (AvgIpc) is 2.46. The molecule has 0 radical (unpaired) electrons. The first-order valence-corrected chi connectivity index (χ1v) is 4.93. The van der Waals surface area contributed by atoms with Crippen LogP contribution in [-0.2, 0) is 0 Å². The molecule has 0 saturated carbocycles. The zero-order valence-electron chi connectivity index (χ0n) is 7.44. The van der Waals surface area contributed by atoms with Crippen molar-refractivity contribution in [2.24, 2.45) is 0 Å². The van der Waals surface area contributed by atoms with Crippen LogP contribution in [0.2, 0.25) is 5.02 Å². The number of fused-ring (bicyclic) bond motifs is 1. The highest BCUT2D eigenvalue weighted by Gasteiger charge is 2.23. The third-order valence-electron chi connectivity index (χ3n) is 2.54. The van der Waals surface area contributed by atoms with Gasteiger partial charge in [-0.1, -0.05) is 11.6 Å². The second kappa shape index (κ2) is 2.93. The summed E-state index contributed by atoms with van der Waals surface area (Å²) in [5.41, 5.74) is 0.858. The maximum absolute atomic E-state index is 5.92. The van der Waals surface area contributed by atoms with E-state index in [-0.39, 0.29) is 0 Å². The third kappa shape index (κ3) is 1.11. The lowest BCUT2D eigenvalue weighted by Crippen LogP contribution is -2.40. The van der Waals surface area contributed by atoms with Gasteiger partial charge in [0, 0.05) is 25.2 Å². The molecule has 2 aromatic rings. The van der Waals surface area contributed by atoms with Crippen LogP contribution >= 0.6 is 11.6 Å². The standard InChI is InChI=1S/C9H9ClN4/c10-7-1-2-8-12-13-9(14(8)5-7)6-3-11-4-6/h1-2,5-6,11H,3-4H2. The van der Waals surface area contributed by atoms with Gasteiger partial charge in [0.1, 0.15) is 5.82 Å². The second-order valence-electron chi connectivity index (χ2n) is 3.49. The summed E-state index contributed by atoms with van der Waals surface area (Å²) in [4.78, 5) is 0. The maximum Gasteiger partial charge on any atom is 0.160 e. The van der Waals surface area contributed by atoms with Gasteiger partial charge in [-0.05, 0) is 12.1 Å². The number of aromatic nitrogens is 3. The molecule has 4 nitrogen and oxygen atoms in total. The smallest absolute Gasteiger partial charge is 0.160 e. The third-order valence-corrected chi connectivity index (χ3v) is 2.76. The number of halogens is 1. The lowest BCUT2D eigenvalue weighted by Gasteiger charge is -2.25. The highest BCUT2D eigenvalue weighted by atomic mass is 35.5. The molecule has 72 valence electrons. The molecule has 0 amide bonds. The van der Waals surface area contributed by atoms with Gasteiger partial charge >= 0.3 is 0 Å². The molecule has 3 rings (SSSR count). The number of nitrogens with zero attached hydrogens (tertiary/aromatic N) is 3. The van der Waals surface area contributed by atoms with E-state index < -0.39 is 0 Å². The van der Waals surface area contributed by atoms with Gasteiger partial charge in [0.2, 0.25) is 0 Å². The highest BCUT2D eigenvalue weighted by Crippen LogP contribution is 2.20. The number of pyridine rings is 1. The molecule has 0 atom stereocenters. The van der Waals surface area contributed by atoms with Crippen molar-refractivity contribution in [1.29, 1.82) is 0 Å². The Bertz CT molecular complexity index is 475. The van der Waals surface area contributed by atoms with E-state index >= 15 is 0 Å². The predicted octanol–water partition coefficient (Wildman–Crippen LogP) is 1.07. The van der Waals surface area contributed by atoms with Gasteiger partial charge in [-0.25, -0.2) is 0 Å². The van der Waals surface area contributed by atoms with Crippen LogP contribution in [0.15, 0.2) is 18.3 Å². The molecule has 2 aromatic heterocycles. The minimum atomic E-state index is 0.475. The monoisotopic (exact) mass is 208 g/mol. The Morgan fingerprint density at radius 2 is 2.21 bits per heavy atom. The lowest BCUT2D eigenvalue weighted by atomic mass is 10.0. The van der Waals surface area contributed by atoms with Crippen molar-refractivity contribution < 1.29 is 0 Å². The fraction of sp³-hybridized carbons (Fsp3) is 0.333. The van der Waals surface area contributed by atoms with Crippen molar-refractivity contribution in [2.45, 2.75) is 5.92 Å². The van der Waals surface area contributed by atoms with Crippen LogP contribution < -0.4 is 5.32 Å². The Kier molecular flexibility index (Phi) is 1.72. The molecule has 1 saturated heterocycles. The molecule has 0 aromatic carbocycles. The maximum atomic E-state index is 5.92. The van der Waals surface area contributed by atoms with Gasteiger partial charge in [0.15, 0.2) is 5.65 Å². The molecule has 1 fully saturated rings. The van der Waals surface area contributed by atoms with Crippen molar-refractivity contribution in [1.82, 2.24) is 19.9 Å². The molecule has 5 heteroatoms. The first-order valence-electron chi connectivity index (χ1n) is 4.55. The van der Waals surface area contributed by atoms with Crippen molar-refractivity contribution in [3.05, 3.63) is 29.2 Å². The van der Waals surface area contributed by atoms with Crippen molar-refractivity contribution in [3.8, 4) is 0 Å². The summed E-state index contributed by atoms with van der Waals surface area (Å²) in [7, 11) is 0. The normalized spacial score (nSPS) is 17.2. The lowest BCUT2D eigenvalue weighted by molar-refractivity contribution is 0.427. The molecule has 1 aliphatic heterocycles. The predicted molar refractivity (Wildman–Crippen MR) is 53.6 cm³/mol. The Balaban J connectivity index is 2.18. The van der Waals surface area contributed by atoms with Crippen LogP contribution in [-0.4, -0.2) is 27.7 Å². The zero-order valence-corrected chi connectivity index (χ0v) is 8.20. The summed E-state index contributed by atoms with van der Waals surface area (Å²) in [6, 6.07) is 3.71. The topological polar surface area (TPSA) is 42.2 Å². The summed E-state index contributed by atoms with van der Waals surface area (Å²) in [5, 5.41) is 12.2. The van der Waals surface area contributed by atoms with E-state index in [1.807, 2.05) is 22.7 Å². The Morgan fingerprint density at radius 3 is 2.93 bits per heavy atom. The highest BCUT2D eigenvalue weighted by molar-refractivity contribution is 6.30. The van der Waals surface area contributed by atoms with Crippen LogP contribution in [0.3, 0.4) is 0 Å². The minimum Gasteiger partial charge on any atom is -0.315 e. The van der Waals surface area contributed by atoms with Gasteiger partial charge in [0.25, 0.3) is 0 Å². The van der Waals surface area contributed by atoms with Crippen molar-refractivity contribution in [2.75, 3.05) is 13.1 Å². The molecule has 0 aliphatic carbocycles. The molecule has 14 heavy (non-hydrogen) atoms. The van der Waals surface area contributed by atoms with Gasteiger partial charge in [0.05, 0.1) is 5.02 Å². The summed E-state index contributed by atoms with van der Waals surface area (Å²) in [5.74, 6) is 1.48. The summed E-state index contributed by atoms with van der Waals surface area (Å²) >= 11 is 5.92. The second-order valence-corrected chi connectivity index (χ2v) is 3.93. The SMILES string of the molecule is Clc1ccc2nnc(C3CNC3)n2c1. The average molecular weight is 209 g/mol. The number of hydrogen-bond acceptors (Lipinski definition) is 3. The van der Waals surface area contributed by atoms with Crippen LogP contribution in [0.1, 0.15) is 11.7 Å². The zero-order chi connectivity index (χ0) is 9.54. The largest absolute Gasteiger partial charge is 0.315 e. The Morgan fingerprint density at radius 1 is 1.36 bits per heavy atom. The van der Waals surface area contributed by atoms with Crippen molar-refractivity contribution in [3.63, 3.8) is 0 Å². The van der Waals surface area contributed by atoms with Gasteiger partial charge in [-0.3, -0.25) is 4.40 Å². The molecule has 1 N–H and O–H groups in total. The number of rotatable bonds is 1. The summed E-state index contributed by atoms with van der Waals surface area (Å²) < 4.78 is 1.97. The van der Waals surface area contributed by atoms with Crippen LogP contribution in [0.25, 0.3) is 5.65 Å². The van der Waals surface area contributed by atoms with Crippen LogP contribution in [0.5, 0.6) is 0 Å². The van der Waals surface area contributed by atoms with E-state index in [1.165, 1.54) is 0 Å². The Labute approximate surface area is 85.9 Å². The van der Waals surface area contributed by atoms with Crippen LogP contribution in [0.4, 0.5) is 0 Å². The first-order chi connectivity index (χ1) is 6.84. The fourth-order valence-corrected chi connectivity index (χ4v) is 1.79. The quantitative estimate of drug-likeness (QED) is 0.763. The van der Waals surface area contributed by atoms with E-state index in [9.17, 15) is 0 Å². The van der Waals surface area contributed by atoms with Gasteiger partial charge in [-0.15, -0.1) is 10.2 Å². The van der Waals surface area contributed by atoms with E-state index in [0.717, 1.165) is 24.6 Å². The minimum absolute atomic E-state index is 0.475. The van der Waals surface area contributed by atoms with Crippen LogP contribution in [0, 0.1) is 0 Å². The van der Waals surface area contributed by atoms with E-state index in [0.29, 0.717) is 10.9 Å². The fourth-order valence-electron chi connectivity index (χ4n) is 1.63. The first kappa shape index (κ1) is 8.20. The molecular weight excluding hydrogens is 200 g/mol. The molecule has 3 heterocycles. The van der Waals surface area contributed by atoms with Crippen molar-refractivity contribution >= 4 is 17.2 Å². The molecule has 1 aliphatic rings. The van der Waals surface area contributed by atoms with Gasteiger partial charge in [-0.2, -0.15) is 0 Å². The molecule has 0 bridgehead atoms. The number of nitrogens with one attached hydrogen (secondary N) is 1. The molecule has 0 spiro atoms. The van der Waals surface area contributed by atoms with E-state index in [1.54, 1.807) is 0 Å². The van der Waals surface area contributed by atoms with E-state index in [4.69, 9.17) is 11.6 Å². The number of hydrogen-bond donors (Lipinski definition) is 1. The Hall–Kier alpha value is -1.13. The van der Waals surface area contributed by atoms with E-state index in [2.05, 4.69) is 15.5 Å². The van der Waals surface area contributed by atoms with Gasteiger partial charge < -0.3 is 5.32 Å². The summed E-state index contributed by atoms with van der Waals surface area (Å²) in [6.45, 7) is 1.96. The molecular formula is C9H9ClN4.